The minimum atomic E-state index is -0.0211. The highest BCUT2D eigenvalue weighted by Gasteiger charge is 2.10. The first-order valence-electron chi connectivity index (χ1n) is 6.05. The van der Waals surface area contributed by atoms with Crippen molar-refractivity contribution in [2.75, 3.05) is 13.9 Å². The standard InChI is InChI=1S/C15H20O3/c1-5-6-11(2)13-7-8-15(18-10-17-4)14(9-13)12(3)16/h7-9H,2,5-6,10H2,1,3-4H3. The van der Waals surface area contributed by atoms with Crippen LogP contribution in [0.4, 0.5) is 0 Å². The number of hydrogen-bond acceptors (Lipinski definition) is 3. The van der Waals surface area contributed by atoms with E-state index in [2.05, 4.69) is 13.5 Å². The highest BCUT2D eigenvalue weighted by molar-refractivity contribution is 5.97. The predicted molar refractivity (Wildman–Crippen MR) is 72.9 cm³/mol. The van der Waals surface area contributed by atoms with Crippen LogP contribution >= 0.6 is 0 Å². The first-order chi connectivity index (χ1) is 8.60. The van der Waals surface area contributed by atoms with Crippen molar-refractivity contribution < 1.29 is 14.3 Å². The highest BCUT2D eigenvalue weighted by atomic mass is 16.7. The number of Topliss-reactive ketones (excluding diaryl/α,β-unsaturated/α-hetero) is 1. The lowest BCUT2D eigenvalue weighted by atomic mass is 9.99. The molecule has 0 amide bonds. The van der Waals surface area contributed by atoms with Crippen molar-refractivity contribution in [1.29, 1.82) is 0 Å². The van der Waals surface area contributed by atoms with Crippen LogP contribution in [0.15, 0.2) is 24.8 Å². The van der Waals surface area contributed by atoms with Gasteiger partial charge in [0.15, 0.2) is 12.6 Å². The SMILES string of the molecule is C=C(CCC)c1ccc(OCOC)c(C(C)=O)c1. The van der Waals surface area contributed by atoms with E-state index in [1.165, 1.54) is 6.92 Å². The van der Waals surface area contributed by atoms with Gasteiger partial charge in [0, 0.05) is 7.11 Å². The monoisotopic (exact) mass is 248 g/mol. The smallest absolute Gasteiger partial charge is 0.188 e. The van der Waals surface area contributed by atoms with E-state index in [0.717, 1.165) is 24.0 Å². The van der Waals surface area contributed by atoms with Crippen molar-refractivity contribution >= 4 is 11.4 Å². The summed E-state index contributed by atoms with van der Waals surface area (Å²) in [5.41, 5.74) is 2.60. The summed E-state index contributed by atoms with van der Waals surface area (Å²) in [7, 11) is 1.55. The van der Waals surface area contributed by atoms with Crippen molar-refractivity contribution in [2.45, 2.75) is 26.7 Å². The number of carbonyl (C=O) groups excluding carboxylic acids is 1. The van der Waals surface area contributed by atoms with Crippen LogP contribution in [0.2, 0.25) is 0 Å². The van der Waals surface area contributed by atoms with Gasteiger partial charge in [-0.05, 0) is 36.6 Å². The third-order valence-electron chi connectivity index (χ3n) is 2.65. The second kappa shape index (κ2) is 6.97. The van der Waals surface area contributed by atoms with Gasteiger partial charge < -0.3 is 9.47 Å². The van der Waals surface area contributed by atoms with Gasteiger partial charge in [-0.2, -0.15) is 0 Å². The molecule has 0 bridgehead atoms. The number of ether oxygens (including phenoxy) is 2. The molecule has 1 aromatic rings. The molecule has 0 fully saturated rings. The lowest BCUT2D eigenvalue weighted by Gasteiger charge is -2.11. The van der Waals surface area contributed by atoms with Gasteiger partial charge in [-0.25, -0.2) is 0 Å². The summed E-state index contributed by atoms with van der Waals surface area (Å²) < 4.78 is 10.2. The summed E-state index contributed by atoms with van der Waals surface area (Å²) in [4.78, 5) is 11.6. The second-order valence-corrected chi connectivity index (χ2v) is 4.17. The van der Waals surface area contributed by atoms with E-state index < -0.39 is 0 Å². The summed E-state index contributed by atoms with van der Waals surface area (Å²) in [5, 5.41) is 0. The first kappa shape index (κ1) is 14.5. The van der Waals surface area contributed by atoms with E-state index in [4.69, 9.17) is 9.47 Å². The molecule has 0 atom stereocenters. The van der Waals surface area contributed by atoms with Crippen LogP contribution in [-0.2, 0) is 4.74 Å². The molecule has 0 aliphatic carbocycles. The Balaban J connectivity index is 3.03. The largest absolute Gasteiger partial charge is 0.467 e. The number of benzene rings is 1. The molecule has 0 unspecified atom stereocenters. The first-order valence-corrected chi connectivity index (χ1v) is 6.05. The molecule has 1 rings (SSSR count). The van der Waals surface area contributed by atoms with Crippen LogP contribution in [0, 0.1) is 0 Å². The van der Waals surface area contributed by atoms with Gasteiger partial charge in [0.2, 0.25) is 0 Å². The molecular weight excluding hydrogens is 228 g/mol. The van der Waals surface area contributed by atoms with Gasteiger partial charge in [0.25, 0.3) is 0 Å². The molecule has 0 radical (unpaired) electrons. The Morgan fingerprint density at radius 3 is 2.67 bits per heavy atom. The van der Waals surface area contributed by atoms with Gasteiger partial charge >= 0.3 is 0 Å². The average molecular weight is 248 g/mol. The zero-order chi connectivity index (χ0) is 13.5. The van der Waals surface area contributed by atoms with E-state index in [1.807, 2.05) is 12.1 Å². The molecule has 0 aliphatic heterocycles. The Morgan fingerprint density at radius 2 is 2.11 bits per heavy atom. The van der Waals surface area contributed by atoms with Crippen LogP contribution in [0.1, 0.15) is 42.6 Å². The van der Waals surface area contributed by atoms with Crippen LogP contribution in [0.25, 0.3) is 5.57 Å². The van der Waals surface area contributed by atoms with Crippen molar-refractivity contribution in [3.05, 3.63) is 35.9 Å². The maximum absolute atomic E-state index is 11.6. The molecule has 18 heavy (non-hydrogen) atoms. The maximum Gasteiger partial charge on any atom is 0.188 e. The Hall–Kier alpha value is -1.61. The number of ketones is 1. The van der Waals surface area contributed by atoms with Crippen molar-refractivity contribution in [1.82, 2.24) is 0 Å². The zero-order valence-corrected chi connectivity index (χ0v) is 11.3. The minimum Gasteiger partial charge on any atom is -0.467 e. The van der Waals surface area contributed by atoms with Crippen LogP contribution in [-0.4, -0.2) is 19.7 Å². The molecule has 0 spiro atoms. The molecule has 0 saturated carbocycles. The fourth-order valence-corrected chi connectivity index (χ4v) is 1.72. The van der Waals surface area contributed by atoms with Gasteiger partial charge in [-0.1, -0.05) is 26.0 Å². The molecule has 0 heterocycles. The Bertz CT molecular complexity index is 435. The lowest BCUT2D eigenvalue weighted by Crippen LogP contribution is -2.04. The maximum atomic E-state index is 11.6. The normalized spacial score (nSPS) is 10.2. The van der Waals surface area contributed by atoms with E-state index in [-0.39, 0.29) is 12.6 Å². The lowest BCUT2D eigenvalue weighted by molar-refractivity contribution is 0.0503. The second-order valence-electron chi connectivity index (χ2n) is 4.17. The predicted octanol–water partition coefficient (Wildman–Crippen LogP) is 3.69. The van der Waals surface area contributed by atoms with Gasteiger partial charge in [-0.3, -0.25) is 4.79 Å². The summed E-state index contributed by atoms with van der Waals surface area (Å²) in [6.45, 7) is 7.80. The zero-order valence-electron chi connectivity index (χ0n) is 11.3. The number of allylic oxidation sites excluding steroid dienone is 1. The van der Waals surface area contributed by atoms with Crippen LogP contribution < -0.4 is 4.74 Å². The Morgan fingerprint density at radius 1 is 1.39 bits per heavy atom. The van der Waals surface area contributed by atoms with Crippen LogP contribution in [0.3, 0.4) is 0 Å². The van der Waals surface area contributed by atoms with Crippen molar-refractivity contribution in [2.24, 2.45) is 0 Å². The summed E-state index contributed by atoms with van der Waals surface area (Å²) in [5.74, 6) is 0.532. The fraction of sp³-hybridized carbons (Fsp3) is 0.400. The molecule has 0 saturated heterocycles. The number of hydrogen-bond donors (Lipinski definition) is 0. The molecular formula is C15H20O3. The number of carbonyl (C=O) groups is 1. The summed E-state index contributed by atoms with van der Waals surface area (Å²) in [6, 6.07) is 5.56. The molecule has 0 aromatic heterocycles. The number of rotatable bonds is 7. The molecule has 98 valence electrons. The van der Waals surface area contributed by atoms with Crippen LogP contribution in [0.5, 0.6) is 5.75 Å². The molecule has 3 nitrogen and oxygen atoms in total. The fourth-order valence-electron chi connectivity index (χ4n) is 1.72. The Kier molecular flexibility index (Phi) is 5.59. The van der Waals surface area contributed by atoms with E-state index in [9.17, 15) is 4.79 Å². The van der Waals surface area contributed by atoms with E-state index >= 15 is 0 Å². The minimum absolute atomic E-state index is 0.0211. The van der Waals surface area contributed by atoms with E-state index in [0.29, 0.717) is 11.3 Å². The van der Waals surface area contributed by atoms with Gasteiger partial charge in [-0.15, -0.1) is 0 Å². The molecule has 0 N–H and O–H groups in total. The molecule has 0 aliphatic rings. The van der Waals surface area contributed by atoms with Gasteiger partial charge in [0.1, 0.15) is 5.75 Å². The van der Waals surface area contributed by atoms with Crippen molar-refractivity contribution in [3.8, 4) is 5.75 Å². The quantitative estimate of drug-likeness (QED) is 0.545. The topological polar surface area (TPSA) is 35.5 Å². The summed E-state index contributed by atoms with van der Waals surface area (Å²) in [6.07, 6.45) is 1.96. The molecule has 3 heteroatoms. The third-order valence-corrected chi connectivity index (χ3v) is 2.65. The van der Waals surface area contributed by atoms with E-state index in [1.54, 1.807) is 13.2 Å². The van der Waals surface area contributed by atoms with Gasteiger partial charge in [0.05, 0.1) is 5.56 Å². The Labute approximate surface area is 108 Å². The highest BCUT2D eigenvalue weighted by Crippen LogP contribution is 2.26. The third kappa shape index (κ3) is 3.70. The number of methoxy groups -OCH3 is 1. The average Bonchev–Trinajstić information content (AvgIpc) is 2.36. The summed E-state index contributed by atoms with van der Waals surface area (Å²) >= 11 is 0. The van der Waals surface area contributed by atoms with Crippen molar-refractivity contribution in [3.63, 3.8) is 0 Å². The molecule has 1 aromatic carbocycles.